The normalized spacial score (nSPS) is 20.1. The molecule has 1 saturated heterocycles. The number of carbonyl (C=O) groups is 1. The van der Waals surface area contributed by atoms with Gasteiger partial charge in [-0.2, -0.15) is 0 Å². The van der Waals surface area contributed by atoms with Crippen LogP contribution in [0.1, 0.15) is 56.7 Å². The monoisotopic (exact) mass is 289 g/mol. The quantitative estimate of drug-likeness (QED) is 0.890. The summed E-state index contributed by atoms with van der Waals surface area (Å²) in [6.07, 6.45) is 3.29. The molecule has 0 aliphatic carbocycles. The third-order valence-corrected chi connectivity index (χ3v) is 5.12. The summed E-state index contributed by atoms with van der Waals surface area (Å²) in [5.41, 5.74) is 2.18. The second-order valence-electron chi connectivity index (χ2n) is 6.40. The molecular formula is C18H27NO2. The van der Waals surface area contributed by atoms with Crippen molar-refractivity contribution in [2.75, 3.05) is 13.1 Å². The fourth-order valence-corrected chi connectivity index (χ4v) is 3.64. The van der Waals surface area contributed by atoms with Crippen molar-refractivity contribution in [3.8, 4) is 0 Å². The van der Waals surface area contributed by atoms with E-state index in [2.05, 4.69) is 49.9 Å². The summed E-state index contributed by atoms with van der Waals surface area (Å²) in [6.45, 7) is 8.21. The molecule has 0 saturated carbocycles. The van der Waals surface area contributed by atoms with Crippen LogP contribution in [-0.2, 0) is 4.79 Å². The average Bonchev–Trinajstić information content (AvgIpc) is 2.48. The minimum atomic E-state index is -0.604. The van der Waals surface area contributed by atoms with Crippen LogP contribution in [0.3, 0.4) is 0 Å². The molecule has 0 radical (unpaired) electrons. The molecule has 116 valence electrons. The molecule has 1 aromatic rings. The second kappa shape index (κ2) is 6.61. The fraction of sp³-hybridized carbons (Fsp3) is 0.611. The van der Waals surface area contributed by atoms with Crippen LogP contribution < -0.4 is 0 Å². The first-order valence-electron chi connectivity index (χ1n) is 8.03. The highest BCUT2D eigenvalue weighted by atomic mass is 16.4. The minimum Gasteiger partial charge on any atom is -0.481 e. The first-order chi connectivity index (χ1) is 10.00. The van der Waals surface area contributed by atoms with E-state index in [9.17, 15) is 9.90 Å². The Morgan fingerprint density at radius 1 is 1.33 bits per heavy atom. The molecule has 3 nitrogen and oxygen atoms in total. The van der Waals surface area contributed by atoms with Gasteiger partial charge in [0.25, 0.3) is 0 Å². The molecule has 1 fully saturated rings. The van der Waals surface area contributed by atoms with Crippen molar-refractivity contribution in [1.82, 2.24) is 4.90 Å². The molecule has 0 amide bonds. The number of hydrogen-bond acceptors (Lipinski definition) is 2. The van der Waals surface area contributed by atoms with E-state index in [1.807, 2.05) is 0 Å². The lowest BCUT2D eigenvalue weighted by Crippen LogP contribution is -2.45. The van der Waals surface area contributed by atoms with Crippen molar-refractivity contribution < 1.29 is 9.90 Å². The zero-order valence-electron chi connectivity index (χ0n) is 13.4. The van der Waals surface area contributed by atoms with E-state index >= 15 is 0 Å². The Kier molecular flexibility index (Phi) is 5.04. The van der Waals surface area contributed by atoms with E-state index in [-0.39, 0.29) is 0 Å². The fourth-order valence-electron chi connectivity index (χ4n) is 3.64. The summed E-state index contributed by atoms with van der Waals surface area (Å²) in [7, 11) is 0. The number of benzene rings is 1. The zero-order valence-corrected chi connectivity index (χ0v) is 13.4. The van der Waals surface area contributed by atoms with Crippen LogP contribution in [-0.4, -0.2) is 29.1 Å². The summed E-state index contributed by atoms with van der Waals surface area (Å²) >= 11 is 0. The Labute approximate surface area is 128 Å². The number of aliphatic carboxylic acids is 1. The Bertz CT molecular complexity index is 490. The van der Waals surface area contributed by atoms with Gasteiger partial charge in [-0.3, -0.25) is 9.69 Å². The molecule has 1 heterocycles. The second-order valence-corrected chi connectivity index (χ2v) is 6.40. The smallest absolute Gasteiger partial charge is 0.309 e. The van der Waals surface area contributed by atoms with Gasteiger partial charge in [-0.25, -0.2) is 0 Å². The summed E-state index contributed by atoms with van der Waals surface area (Å²) in [4.78, 5) is 14.1. The van der Waals surface area contributed by atoms with Crippen LogP contribution >= 0.6 is 0 Å². The standard InChI is InChI=1S/C18H27NO2/c1-4-9-18(17(20)21)10-12-19(13-11-18)15(3)16-8-6-5-7-14(16)2/h5-8,15H,4,9-13H2,1-3H3,(H,20,21). The maximum Gasteiger partial charge on any atom is 0.309 e. The van der Waals surface area contributed by atoms with Crippen LogP contribution in [0, 0.1) is 12.3 Å². The largest absolute Gasteiger partial charge is 0.481 e. The lowest BCUT2D eigenvalue weighted by atomic mass is 9.74. The minimum absolute atomic E-state index is 0.361. The van der Waals surface area contributed by atoms with Crippen LogP contribution in [0.2, 0.25) is 0 Å². The Morgan fingerprint density at radius 3 is 2.48 bits per heavy atom. The zero-order chi connectivity index (χ0) is 15.5. The van der Waals surface area contributed by atoms with Gasteiger partial charge in [0.2, 0.25) is 0 Å². The number of rotatable bonds is 5. The molecule has 0 bridgehead atoms. The molecule has 1 atom stereocenters. The SMILES string of the molecule is CCCC1(C(=O)O)CCN(C(C)c2ccccc2C)CC1. The van der Waals surface area contributed by atoms with Crippen molar-refractivity contribution in [2.45, 2.75) is 52.5 Å². The van der Waals surface area contributed by atoms with E-state index in [0.29, 0.717) is 6.04 Å². The molecule has 1 N–H and O–H groups in total. The van der Waals surface area contributed by atoms with Gasteiger partial charge >= 0.3 is 5.97 Å². The van der Waals surface area contributed by atoms with Crippen molar-refractivity contribution in [3.05, 3.63) is 35.4 Å². The highest BCUT2D eigenvalue weighted by Crippen LogP contribution is 2.39. The van der Waals surface area contributed by atoms with E-state index in [1.54, 1.807) is 0 Å². The first kappa shape index (κ1) is 16.0. The summed E-state index contributed by atoms with van der Waals surface area (Å²) < 4.78 is 0. The number of likely N-dealkylation sites (tertiary alicyclic amines) is 1. The summed E-state index contributed by atoms with van der Waals surface area (Å²) in [6, 6.07) is 8.85. The van der Waals surface area contributed by atoms with Crippen LogP contribution in [0.25, 0.3) is 0 Å². The van der Waals surface area contributed by atoms with E-state index in [0.717, 1.165) is 38.8 Å². The van der Waals surface area contributed by atoms with Crippen LogP contribution in [0.15, 0.2) is 24.3 Å². The molecule has 1 aliphatic rings. The predicted octanol–water partition coefficient (Wildman–Crippen LogP) is 4.02. The topological polar surface area (TPSA) is 40.5 Å². The van der Waals surface area contributed by atoms with Crippen molar-refractivity contribution >= 4 is 5.97 Å². The van der Waals surface area contributed by atoms with Gasteiger partial charge in [0.1, 0.15) is 0 Å². The number of carboxylic acids is 1. The molecular weight excluding hydrogens is 262 g/mol. The van der Waals surface area contributed by atoms with Gasteiger partial charge in [-0.15, -0.1) is 0 Å². The van der Waals surface area contributed by atoms with Crippen molar-refractivity contribution in [3.63, 3.8) is 0 Å². The molecule has 1 aromatic carbocycles. The maximum absolute atomic E-state index is 11.6. The molecule has 1 unspecified atom stereocenters. The molecule has 0 aromatic heterocycles. The van der Waals surface area contributed by atoms with Gasteiger partial charge < -0.3 is 5.11 Å². The summed E-state index contributed by atoms with van der Waals surface area (Å²) in [5.74, 6) is -0.604. The van der Waals surface area contributed by atoms with Crippen molar-refractivity contribution in [1.29, 1.82) is 0 Å². The Hall–Kier alpha value is -1.35. The van der Waals surface area contributed by atoms with E-state index in [4.69, 9.17) is 0 Å². The molecule has 21 heavy (non-hydrogen) atoms. The Balaban J connectivity index is 2.07. The van der Waals surface area contributed by atoms with Gasteiger partial charge in [-0.1, -0.05) is 37.6 Å². The number of carboxylic acid groups (broad SMARTS) is 1. The summed E-state index contributed by atoms with van der Waals surface area (Å²) in [5, 5.41) is 9.59. The van der Waals surface area contributed by atoms with Crippen LogP contribution in [0.4, 0.5) is 0 Å². The lowest BCUT2D eigenvalue weighted by molar-refractivity contribution is -0.153. The number of aryl methyl sites for hydroxylation is 1. The molecule has 0 spiro atoms. The van der Waals surface area contributed by atoms with E-state index in [1.165, 1.54) is 11.1 Å². The lowest BCUT2D eigenvalue weighted by Gasteiger charge is -2.41. The number of hydrogen-bond donors (Lipinski definition) is 1. The van der Waals surface area contributed by atoms with Gasteiger partial charge in [0.05, 0.1) is 5.41 Å². The van der Waals surface area contributed by atoms with Crippen LogP contribution in [0.5, 0.6) is 0 Å². The number of nitrogens with zero attached hydrogens (tertiary/aromatic N) is 1. The highest BCUT2D eigenvalue weighted by molar-refractivity contribution is 5.74. The third-order valence-electron chi connectivity index (χ3n) is 5.12. The number of piperidine rings is 1. The van der Waals surface area contributed by atoms with E-state index < -0.39 is 11.4 Å². The highest BCUT2D eigenvalue weighted by Gasteiger charge is 2.41. The van der Waals surface area contributed by atoms with Gasteiger partial charge in [0, 0.05) is 6.04 Å². The Morgan fingerprint density at radius 2 is 1.95 bits per heavy atom. The van der Waals surface area contributed by atoms with Gasteiger partial charge in [0.15, 0.2) is 0 Å². The predicted molar refractivity (Wildman–Crippen MR) is 85.4 cm³/mol. The molecule has 3 heteroatoms. The van der Waals surface area contributed by atoms with Crippen molar-refractivity contribution in [2.24, 2.45) is 5.41 Å². The molecule has 1 aliphatic heterocycles. The first-order valence-corrected chi connectivity index (χ1v) is 8.03. The third kappa shape index (κ3) is 3.29. The molecule has 2 rings (SSSR count). The van der Waals surface area contributed by atoms with Gasteiger partial charge in [-0.05, 0) is 57.3 Å². The average molecular weight is 289 g/mol. The maximum atomic E-state index is 11.6.